The molecule has 0 aromatic carbocycles. The molecular weight excluding hydrogens is 112 g/mol. The smallest absolute Gasteiger partial charge is 0.199 e. The van der Waals surface area contributed by atoms with Crippen LogP contribution < -0.4 is 11.1 Å². The lowest BCUT2D eigenvalue weighted by Crippen LogP contribution is -2.25. The SMILES string of the molecule is N#CNC(=N)N.S. The van der Waals surface area contributed by atoms with Crippen molar-refractivity contribution >= 4 is 19.5 Å². The first-order valence-corrected chi connectivity index (χ1v) is 1.26. The number of nitrogens with zero attached hydrogens (tertiary/aromatic N) is 1. The van der Waals surface area contributed by atoms with Gasteiger partial charge in [-0.15, -0.1) is 0 Å². The molecule has 0 aliphatic rings. The molecule has 4 N–H and O–H groups in total. The average molecular weight is 118 g/mol. The predicted octanol–water partition coefficient (Wildman–Crippen LogP) is -0.937. The van der Waals surface area contributed by atoms with Crippen molar-refractivity contribution in [3.8, 4) is 6.19 Å². The molecule has 0 atom stereocenters. The molecule has 5 heteroatoms. The Hall–Kier alpha value is -0.890. The van der Waals surface area contributed by atoms with E-state index in [-0.39, 0.29) is 19.5 Å². The molecule has 0 rings (SSSR count). The highest BCUT2D eigenvalue weighted by atomic mass is 32.1. The lowest BCUT2D eigenvalue weighted by molar-refractivity contribution is 1.19. The second-order valence-corrected chi connectivity index (χ2v) is 0.650. The maximum Gasteiger partial charge on any atom is 0.199 e. The van der Waals surface area contributed by atoms with Gasteiger partial charge in [0.05, 0.1) is 0 Å². The fraction of sp³-hybridized carbons (Fsp3) is 0. The maximum absolute atomic E-state index is 7.65. The van der Waals surface area contributed by atoms with Gasteiger partial charge in [-0.25, -0.2) is 0 Å². The number of guanidine groups is 1. The number of nitrogens with one attached hydrogen (secondary N) is 2. The lowest BCUT2D eigenvalue weighted by atomic mass is 11.0. The first-order chi connectivity index (χ1) is 2.77. The Balaban J connectivity index is 0. The van der Waals surface area contributed by atoms with Crippen molar-refractivity contribution < 1.29 is 0 Å². The van der Waals surface area contributed by atoms with Gasteiger partial charge in [-0.3, -0.25) is 10.7 Å². The van der Waals surface area contributed by atoms with E-state index in [9.17, 15) is 0 Å². The summed E-state index contributed by atoms with van der Waals surface area (Å²) in [7, 11) is 0. The molecular formula is C2H6N4S. The van der Waals surface area contributed by atoms with Crippen LogP contribution in [0.4, 0.5) is 0 Å². The lowest BCUT2D eigenvalue weighted by Gasteiger charge is -1.82. The van der Waals surface area contributed by atoms with Crippen molar-refractivity contribution in [3.05, 3.63) is 0 Å². The standard InChI is InChI=1S/C2H4N4.H2S/c3-1-6-2(4)5;/h(H4,4,5,6);1H2. The molecule has 0 heterocycles. The molecule has 0 aromatic heterocycles. The molecule has 0 saturated carbocycles. The molecule has 0 unspecified atom stereocenters. The van der Waals surface area contributed by atoms with Crippen molar-refractivity contribution in [2.75, 3.05) is 0 Å². The molecule has 0 aliphatic heterocycles. The van der Waals surface area contributed by atoms with Crippen LogP contribution in [0.3, 0.4) is 0 Å². The minimum absolute atomic E-state index is 0. The van der Waals surface area contributed by atoms with Gasteiger partial charge in [0, 0.05) is 0 Å². The van der Waals surface area contributed by atoms with Gasteiger partial charge in [0.2, 0.25) is 0 Å². The zero-order chi connectivity index (χ0) is 4.99. The van der Waals surface area contributed by atoms with E-state index in [0.29, 0.717) is 0 Å². The Morgan fingerprint density at radius 1 is 1.86 bits per heavy atom. The fourth-order valence-electron chi connectivity index (χ4n) is 0.0602. The largest absolute Gasteiger partial charge is 0.369 e. The third-order valence-corrected chi connectivity index (χ3v) is 0.191. The van der Waals surface area contributed by atoms with Gasteiger partial charge in [-0.2, -0.15) is 18.8 Å². The van der Waals surface area contributed by atoms with E-state index >= 15 is 0 Å². The van der Waals surface area contributed by atoms with Gasteiger partial charge in [-0.05, 0) is 0 Å². The van der Waals surface area contributed by atoms with Crippen LogP contribution in [0.5, 0.6) is 0 Å². The van der Waals surface area contributed by atoms with Gasteiger partial charge >= 0.3 is 0 Å². The summed E-state index contributed by atoms with van der Waals surface area (Å²) in [6.45, 7) is 0. The van der Waals surface area contributed by atoms with Gasteiger partial charge in [0.25, 0.3) is 0 Å². The minimum atomic E-state index is -0.322. The fourth-order valence-corrected chi connectivity index (χ4v) is 0.0602. The second kappa shape index (κ2) is 5.11. The third-order valence-electron chi connectivity index (χ3n) is 0.191. The van der Waals surface area contributed by atoms with E-state index in [0.717, 1.165) is 0 Å². The molecule has 7 heavy (non-hydrogen) atoms. The summed E-state index contributed by atoms with van der Waals surface area (Å²) in [5, 5.41) is 15.9. The molecule has 0 bridgehead atoms. The first-order valence-electron chi connectivity index (χ1n) is 1.26. The Labute approximate surface area is 48.3 Å². The van der Waals surface area contributed by atoms with E-state index in [4.69, 9.17) is 10.7 Å². The van der Waals surface area contributed by atoms with Crippen LogP contribution in [0.2, 0.25) is 0 Å². The van der Waals surface area contributed by atoms with E-state index in [1.807, 2.05) is 5.32 Å². The highest BCUT2D eigenvalue weighted by molar-refractivity contribution is 7.59. The first kappa shape index (κ1) is 9.44. The molecule has 4 nitrogen and oxygen atoms in total. The molecule has 0 radical (unpaired) electrons. The normalized spacial score (nSPS) is 5.00. The third kappa shape index (κ3) is 11.1. The summed E-state index contributed by atoms with van der Waals surface area (Å²) in [5.41, 5.74) is 4.65. The number of nitrogens with two attached hydrogens (primary N) is 1. The molecule has 0 fully saturated rings. The van der Waals surface area contributed by atoms with Crippen LogP contribution in [-0.4, -0.2) is 5.96 Å². The Morgan fingerprint density at radius 2 is 2.29 bits per heavy atom. The predicted molar refractivity (Wildman–Crippen MR) is 31.0 cm³/mol. The zero-order valence-corrected chi connectivity index (χ0v) is 4.52. The van der Waals surface area contributed by atoms with Gasteiger partial charge in [0.15, 0.2) is 12.2 Å². The summed E-state index contributed by atoms with van der Waals surface area (Å²) in [4.78, 5) is 0. The second-order valence-electron chi connectivity index (χ2n) is 0.650. The van der Waals surface area contributed by atoms with E-state index in [2.05, 4.69) is 5.73 Å². The number of hydrogen-bond acceptors (Lipinski definition) is 2. The monoisotopic (exact) mass is 118 g/mol. The minimum Gasteiger partial charge on any atom is -0.369 e. The molecule has 0 saturated heterocycles. The van der Waals surface area contributed by atoms with E-state index < -0.39 is 0 Å². The van der Waals surface area contributed by atoms with Crippen LogP contribution in [-0.2, 0) is 0 Å². The number of nitriles is 1. The number of rotatable bonds is 0. The van der Waals surface area contributed by atoms with Crippen LogP contribution in [0.1, 0.15) is 0 Å². The summed E-state index contributed by atoms with van der Waals surface area (Å²) < 4.78 is 0. The highest BCUT2D eigenvalue weighted by Gasteiger charge is 1.73. The van der Waals surface area contributed by atoms with Gasteiger partial charge < -0.3 is 5.73 Å². The van der Waals surface area contributed by atoms with Crippen LogP contribution >= 0.6 is 13.5 Å². The van der Waals surface area contributed by atoms with E-state index in [1.165, 1.54) is 6.19 Å². The Morgan fingerprint density at radius 3 is 2.29 bits per heavy atom. The molecule has 0 aliphatic carbocycles. The highest BCUT2D eigenvalue weighted by Crippen LogP contribution is 1.37. The quantitative estimate of drug-likeness (QED) is 0.166. The van der Waals surface area contributed by atoms with Crippen molar-refractivity contribution in [3.63, 3.8) is 0 Å². The van der Waals surface area contributed by atoms with Crippen molar-refractivity contribution in [1.29, 1.82) is 10.7 Å². The van der Waals surface area contributed by atoms with E-state index in [1.54, 1.807) is 0 Å². The summed E-state index contributed by atoms with van der Waals surface area (Å²) >= 11 is 0. The maximum atomic E-state index is 7.65. The van der Waals surface area contributed by atoms with Crippen molar-refractivity contribution in [2.45, 2.75) is 0 Å². The Kier molecular flexibility index (Phi) is 6.89. The Bertz CT molecular complexity index is 92.4. The van der Waals surface area contributed by atoms with Crippen molar-refractivity contribution in [1.82, 2.24) is 5.32 Å². The molecule has 0 amide bonds. The van der Waals surface area contributed by atoms with Crippen molar-refractivity contribution in [2.24, 2.45) is 5.73 Å². The summed E-state index contributed by atoms with van der Waals surface area (Å²) in [6, 6.07) is 0. The van der Waals surface area contributed by atoms with Crippen LogP contribution in [0.25, 0.3) is 0 Å². The van der Waals surface area contributed by atoms with Crippen LogP contribution in [0, 0.1) is 16.9 Å². The molecule has 0 aromatic rings. The summed E-state index contributed by atoms with van der Waals surface area (Å²) in [5.74, 6) is -0.322. The van der Waals surface area contributed by atoms with Crippen LogP contribution in [0.15, 0.2) is 0 Å². The van der Waals surface area contributed by atoms with Gasteiger partial charge in [-0.1, -0.05) is 0 Å². The van der Waals surface area contributed by atoms with Gasteiger partial charge in [0.1, 0.15) is 0 Å². The molecule has 0 spiro atoms. The number of hydrogen-bond donors (Lipinski definition) is 3. The topological polar surface area (TPSA) is 85.7 Å². The zero-order valence-electron chi connectivity index (χ0n) is 3.52. The molecule has 40 valence electrons. The average Bonchev–Trinajstić information content (AvgIpc) is 1.35. The summed E-state index contributed by atoms with van der Waals surface area (Å²) in [6.07, 6.45) is 1.47.